The van der Waals surface area contributed by atoms with Gasteiger partial charge < -0.3 is 10.3 Å². The third-order valence-corrected chi connectivity index (χ3v) is 4.92. The van der Waals surface area contributed by atoms with Gasteiger partial charge in [0.1, 0.15) is 0 Å². The zero-order valence-corrected chi connectivity index (χ0v) is 14.9. The van der Waals surface area contributed by atoms with E-state index in [1.807, 2.05) is 63.2 Å². The van der Waals surface area contributed by atoms with Gasteiger partial charge in [0.25, 0.3) is 0 Å². The van der Waals surface area contributed by atoms with E-state index in [9.17, 15) is 4.79 Å². The Labute approximate surface area is 146 Å². The van der Waals surface area contributed by atoms with Crippen molar-refractivity contribution in [3.8, 4) is 0 Å². The number of H-pyrrole nitrogens is 1. The van der Waals surface area contributed by atoms with Gasteiger partial charge in [0.2, 0.25) is 5.91 Å². The summed E-state index contributed by atoms with van der Waals surface area (Å²) in [6.07, 6.45) is 0. The standard InChI is InChI=1S/C19H21N3OS/c1-12-9-10-16-17(11-12)22-19(21-16)24-14(3)18(23)20-13(2)15-7-5-4-6-8-15/h4-11,13-14H,1-3H3,(H,20,23)(H,21,22). The van der Waals surface area contributed by atoms with Crippen LogP contribution >= 0.6 is 11.8 Å². The summed E-state index contributed by atoms with van der Waals surface area (Å²) >= 11 is 1.44. The summed E-state index contributed by atoms with van der Waals surface area (Å²) in [6.45, 7) is 5.94. The van der Waals surface area contributed by atoms with Crippen LogP contribution in [-0.4, -0.2) is 21.1 Å². The van der Waals surface area contributed by atoms with Crippen LogP contribution in [0.2, 0.25) is 0 Å². The molecule has 2 unspecified atom stereocenters. The molecule has 2 N–H and O–H groups in total. The van der Waals surface area contributed by atoms with Crippen molar-refractivity contribution in [1.82, 2.24) is 15.3 Å². The van der Waals surface area contributed by atoms with E-state index in [2.05, 4.69) is 21.4 Å². The maximum Gasteiger partial charge on any atom is 0.233 e. The first-order valence-corrected chi connectivity index (χ1v) is 8.89. The number of hydrogen-bond acceptors (Lipinski definition) is 3. The number of carbonyl (C=O) groups is 1. The number of aryl methyl sites for hydroxylation is 1. The Kier molecular flexibility index (Phi) is 4.90. The minimum atomic E-state index is -0.224. The molecule has 2 atom stereocenters. The number of carbonyl (C=O) groups excluding carboxylic acids is 1. The van der Waals surface area contributed by atoms with Gasteiger partial charge in [-0.25, -0.2) is 4.98 Å². The molecule has 1 amide bonds. The van der Waals surface area contributed by atoms with Gasteiger partial charge in [-0.1, -0.05) is 48.2 Å². The molecule has 5 heteroatoms. The highest BCUT2D eigenvalue weighted by atomic mass is 32.2. The molecular weight excluding hydrogens is 318 g/mol. The average Bonchev–Trinajstić information content (AvgIpc) is 2.96. The van der Waals surface area contributed by atoms with Gasteiger partial charge >= 0.3 is 0 Å². The average molecular weight is 339 g/mol. The predicted molar refractivity (Wildman–Crippen MR) is 99.1 cm³/mol. The van der Waals surface area contributed by atoms with Crippen molar-refractivity contribution >= 4 is 28.7 Å². The Bertz CT molecular complexity index is 844. The van der Waals surface area contributed by atoms with Gasteiger partial charge in [-0.05, 0) is 44.0 Å². The SMILES string of the molecule is Cc1ccc2nc(SC(C)C(=O)NC(C)c3ccccc3)[nH]c2c1. The molecule has 0 radical (unpaired) electrons. The van der Waals surface area contributed by atoms with Crippen molar-refractivity contribution in [1.29, 1.82) is 0 Å². The van der Waals surface area contributed by atoms with Gasteiger partial charge in [-0.2, -0.15) is 0 Å². The van der Waals surface area contributed by atoms with Crippen LogP contribution in [0, 0.1) is 6.92 Å². The van der Waals surface area contributed by atoms with Gasteiger partial charge in [0.15, 0.2) is 5.16 Å². The molecule has 3 aromatic rings. The van der Waals surface area contributed by atoms with E-state index >= 15 is 0 Å². The molecule has 0 fully saturated rings. The molecule has 0 saturated heterocycles. The number of amides is 1. The van der Waals surface area contributed by atoms with Crippen molar-refractivity contribution in [3.05, 3.63) is 59.7 Å². The largest absolute Gasteiger partial charge is 0.349 e. The number of nitrogens with one attached hydrogen (secondary N) is 2. The summed E-state index contributed by atoms with van der Waals surface area (Å²) in [4.78, 5) is 20.2. The van der Waals surface area contributed by atoms with E-state index in [0.717, 1.165) is 21.8 Å². The minimum Gasteiger partial charge on any atom is -0.349 e. The quantitative estimate of drug-likeness (QED) is 0.684. The van der Waals surface area contributed by atoms with E-state index in [0.29, 0.717) is 0 Å². The number of hydrogen-bond donors (Lipinski definition) is 2. The number of benzene rings is 2. The first kappa shape index (κ1) is 16.6. The summed E-state index contributed by atoms with van der Waals surface area (Å²) in [5.41, 5.74) is 4.21. The van der Waals surface area contributed by atoms with E-state index in [-0.39, 0.29) is 17.2 Å². The first-order chi connectivity index (χ1) is 11.5. The molecule has 24 heavy (non-hydrogen) atoms. The Balaban J connectivity index is 1.64. The lowest BCUT2D eigenvalue weighted by molar-refractivity contribution is -0.120. The highest BCUT2D eigenvalue weighted by Gasteiger charge is 2.18. The number of imidazole rings is 1. The van der Waals surface area contributed by atoms with E-state index in [1.165, 1.54) is 17.3 Å². The van der Waals surface area contributed by atoms with Crippen LogP contribution in [-0.2, 0) is 4.79 Å². The molecule has 1 aromatic heterocycles. The van der Waals surface area contributed by atoms with Crippen molar-refractivity contribution in [2.45, 2.75) is 37.2 Å². The summed E-state index contributed by atoms with van der Waals surface area (Å²) in [6, 6.07) is 16.0. The number of aromatic amines is 1. The maximum atomic E-state index is 12.4. The van der Waals surface area contributed by atoms with Crippen LogP contribution < -0.4 is 5.32 Å². The summed E-state index contributed by atoms with van der Waals surface area (Å²) in [5, 5.41) is 3.60. The second-order valence-corrected chi connectivity index (χ2v) is 7.29. The molecule has 124 valence electrons. The highest BCUT2D eigenvalue weighted by Crippen LogP contribution is 2.24. The Morgan fingerprint density at radius 3 is 2.67 bits per heavy atom. The lowest BCUT2D eigenvalue weighted by Gasteiger charge is -2.17. The molecular formula is C19H21N3OS. The second kappa shape index (κ2) is 7.09. The van der Waals surface area contributed by atoms with Gasteiger partial charge in [0, 0.05) is 0 Å². The zero-order valence-electron chi connectivity index (χ0n) is 14.0. The number of fused-ring (bicyclic) bond motifs is 1. The van der Waals surface area contributed by atoms with Crippen LogP contribution in [0.25, 0.3) is 11.0 Å². The first-order valence-electron chi connectivity index (χ1n) is 8.01. The van der Waals surface area contributed by atoms with Crippen LogP contribution in [0.5, 0.6) is 0 Å². The fourth-order valence-corrected chi connectivity index (χ4v) is 3.36. The van der Waals surface area contributed by atoms with Gasteiger partial charge in [-0.3, -0.25) is 4.79 Å². The van der Waals surface area contributed by atoms with E-state index in [1.54, 1.807) is 0 Å². The third-order valence-electron chi connectivity index (χ3n) is 3.93. The molecule has 3 rings (SSSR count). The Morgan fingerprint density at radius 1 is 1.17 bits per heavy atom. The number of thioether (sulfide) groups is 1. The Morgan fingerprint density at radius 2 is 1.92 bits per heavy atom. The Hall–Kier alpha value is -2.27. The zero-order chi connectivity index (χ0) is 17.1. The van der Waals surface area contributed by atoms with Crippen molar-refractivity contribution in [3.63, 3.8) is 0 Å². The van der Waals surface area contributed by atoms with Gasteiger partial charge in [-0.15, -0.1) is 0 Å². The normalized spacial score (nSPS) is 13.6. The highest BCUT2D eigenvalue weighted by molar-refractivity contribution is 8.00. The van der Waals surface area contributed by atoms with Crippen LogP contribution in [0.4, 0.5) is 0 Å². The molecule has 0 aliphatic rings. The smallest absolute Gasteiger partial charge is 0.233 e. The summed E-state index contributed by atoms with van der Waals surface area (Å²) < 4.78 is 0. The topological polar surface area (TPSA) is 57.8 Å². The third kappa shape index (κ3) is 3.79. The summed E-state index contributed by atoms with van der Waals surface area (Å²) in [5.74, 6) is 0.00740. The molecule has 0 bridgehead atoms. The van der Waals surface area contributed by atoms with Crippen LogP contribution in [0.15, 0.2) is 53.7 Å². The second-order valence-electron chi connectivity index (χ2n) is 5.96. The molecule has 4 nitrogen and oxygen atoms in total. The molecule has 0 aliphatic carbocycles. The van der Waals surface area contributed by atoms with E-state index in [4.69, 9.17) is 0 Å². The lowest BCUT2D eigenvalue weighted by atomic mass is 10.1. The maximum absolute atomic E-state index is 12.4. The van der Waals surface area contributed by atoms with Crippen molar-refractivity contribution in [2.24, 2.45) is 0 Å². The van der Waals surface area contributed by atoms with E-state index < -0.39 is 0 Å². The summed E-state index contributed by atoms with van der Waals surface area (Å²) in [7, 11) is 0. The molecule has 1 heterocycles. The molecule has 2 aromatic carbocycles. The van der Waals surface area contributed by atoms with Crippen LogP contribution in [0.1, 0.15) is 31.0 Å². The fourth-order valence-electron chi connectivity index (χ4n) is 2.53. The molecule has 0 spiro atoms. The van der Waals surface area contributed by atoms with Crippen molar-refractivity contribution in [2.75, 3.05) is 0 Å². The predicted octanol–water partition coefficient (Wildman–Crippen LogP) is 4.23. The fraction of sp³-hybridized carbons (Fsp3) is 0.263. The van der Waals surface area contributed by atoms with Crippen molar-refractivity contribution < 1.29 is 4.79 Å². The lowest BCUT2D eigenvalue weighted by Crippen LogP contribution is -2.33. The number of nitrogens with zero attached hydrogens (tertiary/aromatic N) is 1. The van der Waals surface area contributed by atoms with Gasteiger partial charge in [0.05, 0.1) is 22.3 Å². The number of rotatable bonds is 5. The minimum absolute atomic E-state index is 0.00740. The van der Waals surface area contributed by atoms with Crippen LogP contribution in [0.3, 0.4) is 0 Å². The molecule has 0 saturated carbocycles. The monoisotopic (exact) mass is 339 g/mol. The molecule has 0 aliphatic heterocycles. The number of aromatic nitrogens is 2.